The molecule has 8 aliphatic rings. The first-order valence-electron chi connectivity index (χ1n) is 25.7. The lowest BCUT2D eigenvalue weighted by atomic mass is 9.83. The number of aliphatic carboxylic acids is 1. The van der Waals surface area contributed by atoms with Crippen molar-refractivity contribution >= 4 is 59.3 Å². The molecule has 2 aromatic rings. The number of rotatable bonds is 8. The first-order chi connectivity index (χ1) is 34.1. The molecule has 400 valence electrons. The predicted octanol–water partition coefficient (Wildman–Crippen LogP) is 8.14. The minimum Gasteiger partial charge on any atom is -0.480 e. The average molecular weight is 1020 g/mol. The SMILES string of the molecule is C.C.CNC(=O)Nc1ccc2c(c1)CC[C@@]21OC(=O)N(CC(=O)N2[C@@H](C)CC[C@H]2C2CCCCC2)C1=O.CNC(=O)Nc1ccc2c(c1)CC[C@@]21OC(=O)N(CC(=O)O)C1=O.C[C@H]1CC[C@@H](C2CCCCC2)N1. The van der Waals surface area contributed by atoms with Crippen LogP contribution in [-0.4, -0.2) is 119 Å². The van der Waals surface area contributed by atoms with Crippen LogP contribution in [0.25, 0.3) is 0 Å². The molecule has 4 aliphatic heterocycles. The van der Waals surface area contributed by atoms with Crippen LogP contribution < -0.4 is 26.6 Å². The Morgan fingerprint density at radius 3 is 1.58 bits per heavy atom. The fourth-order valence-electron chi connectivity index (χ4n) is 12.5. The number of hydrogen-bond donors (Lipinski definition) is 6. The van der Waals surface area contributed by atoms with Gasteiger partial charge in [0.25, 0.3) is 11.8 Å². The second-order valence-electron chi connectivity index (χ2n) is 20.6. The van der Waals surface area contributed by atoms with Gasteiger partial charge in [-0.1, -0.05) is 65.5 Å². The van der Waals surface area contributed by atoms with Crippen LogP contribution >= 0.6 is 0 Å². The third kappa shape index (κ3) is 11.6. The maximum absolute atomic E-state index is 13.6. The van der Waals surface area contributed by atoms with Crippen LogP contribution in [0.1, 0.15) is 154 Å². The van der Waals surface area contributed by atoms with E-state index in [1.165, 1.54) is 78.3 Å². The fraction of sp³-hybridized carbons (Fsp3) is 0.630. The van der Waals surface area contributed by atoms with Crippen LogP contribution in [0.3, 0.4) is 0 Å². The number of likely N-dealkylation sites (tertiary alicyclic amines) is 1. The molecule has 10 rings (SSSR count). The minimum absolute atomic E-state index is 0. The van der Waals surface area contributed by atoms with E-state index in [9.17, 15) is 38.4 Å². The molecule has 2 saturated carbocycles. The van der Waals surface area contributed by atoms with Gasteiger partial charge >= 0.3 is 30.2 Å². The van der Waals surface area contributed by atoms with Crippen LogP contribution in [0.2, 0.25) is 0 Å². The Kier molecular flexibility index (Phi) is 18.2. The summed E-state index contributed by atoms with van der Waals surface area (Å²) in [6.07, 6.45) is 18.0. The number of ether oxygens (including phenoxy) is 2. The highest BCUT2D eigenvalue weighted by atomic mass is 16.6. The standard InChI is InChI=1S/C26H34N4O5.C15H15N3O6.C11H21N.2CH4/c1-16-8-11-21(17-6-4-3-5-7-17)30(16)22(31)15-29-23(32)26(35-25(29)34)13-12-18-14-19(9-10-20(18)26)28-24(33)27-2;1-16-13(22)17-9-2-3-10-8(6-9)4-5-15(10)12(21)18(7-11(19)20)14(23)24-15;1-9-7-8-11(12-9)10-5-3-2-4-6-10;;/h9-10,14,16-17,21H,3-8,11-13,15H2,1-2H3,(H2,27,28,33);2-3,6H,4-5,7H2,1H3,(H,19,20)(H2,16,17,22);9-12H,2-8H2,1H3;2*1H4/t16-,21-,26+;15-;9-,11-;;/m010../s1. The van der Waals surface area contributed by atoms with E-state index in [0.717, 1.165) is 59.7 Å². The Balaban J connectivity index is 0.000000197. The van der Waals surface area contributed by atoms with E-state index in [0.29, 0.717) is 52.6 Å². The van der Waals surface area contributed by atoms with Crippen molar-refractivity contribution in [1.29, 1.82) is 0 Å². The van der Waals surface area contributed by atoms with E-state index in [2.05, 4.69) is 40.4 Å². The number of carbonyl (C=O) groups excluding carboxylic acids is 7. The summed E-state index contributed by atoms with van der Waals surface area (Å²) in [6, 6.07) is 11.4. The van der Waals surface area contributed by atoms with E-state index < -0.39 is 47.7 Å². The third-order valence-corrected chi connectivity index (χ3v) is 16.1. The van der Waals surface area contributed by atoms with Crippen LogP contribution in [0.5, 0.6) is 0 Å². The molecule has 19 nitrogen and oxygen atoms in total. The molecule has 0 unspecified atom stereocenters. The second kappa shape index (κ2) is 23.7. The Labute approximate surface area is 429 Å². The van der Waals surface area contributed by atoms with E-state index in [-0.39, 0.29) is 57.9 Å². The summed E-state index contributed by atoms with van der Waals surface area (Å²) < 4.78 is 11.0. The Morgan fingerprint density at radius 2 is 1.12 bits per heavy atom. The zero-order valence-electron chi connectivity index (χ0n) is 41.4. The number of aryl methyl sites for hydroxylation is 2. The molecule has 6 fully saturated rings. The number of imide groups is 2. The highest BCUT2D eigenvalue weighted by molar-refractivity contribution is 6.07. The van der Waals surface area contributed by atoms with Crippen molar-refractivity contribution in [2.24, 2.45) is 11.8 Å². The molecule has 4 saturated heterocycles. The molecule has 6 atom stereocenters. The topological polar surface area (TPSA) is 245 Å². The average Bonchev–Trinajstić information content (AvgIpc) is 4.22. The lowest BCUT2D eigenvalue weighted by Crippen LogP contribution is -2.50. The van der Waals surface area contributed by atoms with Gasteiger partial charge in [-0.2, -0.15) is 0 Å². The summed E-state index contributed by atoms with van der Waals surface area (Å²) >= 11 is 0. The van der Waals surface area contributed by atoms with Gasteiger partial charge in [-0.3, -0.25) is 19.2 Å². The number of urea groups is 2. The van der Waals surface area contributed by atoms with Crippen molar-refractivity contribution in [1.82, 2.24) is 30.7 Å². The van der Waals surface area contributed by atoms with Crippen LogP contribution in [0.15, 0.2) is 36.4 Å². The van der Waals surface area contributed by atoms with Gasteiger partial charge in [0, 0.05) is 73.6 Å². The normalized spacial score (nSPS) is 27.1. The molecule has 19 heteroatoms. The van der Waals surface area contributed by atoms with Crippen LogP contribution in [0.4, 0.5) is 30.6 Å². The molecule has 73 heavy (non-hydrogen) atoms. The second-order valence-corrected chi connectivity index (χ2v) is 20.6. The highest BCUT2D eigenvalue weighted by Crippen LogP contribution is 2.48. The molecule has 4 aliphatic carbocycles. The molecule has 0 aromatic heterocycles. The zero-order valence-corrected chi connectivity index (χ0v) is 41.4. The van der Waals surface area contributed by atoms with Gasteiger partial charge in [0.15, 0.2) is 0 Å². The Bertz CT molecular complexity index is 2400. The summed E-state index contributed by atoms with van der Waals surface area (Å²) in [5.41, 5.74) is 1.05. The van der Waals surface area contributed by atoms with Gasteiger partial charge in [0.2, 0.25) is 17.1 Å². The van der Waals surface area contributed by atoms with Gasteiger partial charge in [0.1, 0.15) is 13.1 Å². The molecule has 0 radical (unpaired) electrons. The van der Waals surface area contributed by atoms with E-state index in [4.69, 9.17) is 14.6 Å². The van der Waals surface area contributed by atoms with Crippen molar-refractivity contribution in [2.75, 3.05) is 37.8 Å². The number of fused-ring (bicyclic) bond motifs is 4. The smallest absolute Gasteiger partial charge is 0.418 e. The molecular formula is C54H78N8O11. The van der Waals surface area contributed by atoms with Gasteiger partial charge in [-0.05, 0) is 125 Å². The molecule has 4 heterocycles. The van der Waals surface area contributed by atoms with Gasteiger partial charge in [-0.25, -0.2) is 29.0 Å². The Hall–Kier alpha value is -6.24. The van der Waals surface area contributed by atoms with Crippen molar-refractivity contribution in [3.63, 3.8) is 0 Å². The van der Waals surface area contributed by atoms with Gasteiger partial charge in [-0.15, -0.1) is 0 Å². The fourth-order valence-corrected chi connectivity index (χ4v) is 12.5. The Morgan fingerprint density at radius 1 is 0.644 bits per heavy atom. The third-order valence-electron chi connectivity index (χ3n) is 16.1. The number of carboxylic acids is 1. The predicted molar refractivity (Wildman–Crippen MR) is 275 cm³/mol. The molecule has 0 bridgehead atoms. The number of carboxylic acid groups (broad SMARTS) is 1. The number of amides is 9. The maximum Gasteiger partial charge on any atom is 0.418 e. The minimum atomic E-state index is -1.46. The summed E-state index contributed by atoms with van der Waals surface area (Å²) in [7, 11) is 3.02. The highest BCUT2D eigenvalue weighted by Gasteiger charge is 2.60. The van der Waals surface area contributed by atoms with Crippen molar-refractivity contribution in [3.05, 3.63) is 58.7 Å². The first kappa shape index (κ1) is 56.1. The van der Waals surface area contributed by atoms with E-state index in [1.54, 1.807) is 36.4 Å². The molecule has 9 amide bonds. The number of nitrogens with zero attached hydrogens (tertiary/aromatic N) is 3. The number of benzene rings is 2. The van der Waals surface area contributed by atoms with Crippen LogP contribution in [-0.2, 0) is 52.7 Å². The summed E-state index contributed by atoms with van der Waals surface area (Å²) in [5.74, 6) is -1.08. The van der Waals surface area contributed by atoms with Crippen molar-refractivity contribution < 1.29 is 52.9 Å². The first-order valence-corrected chi connectivity index (χ1v) is 25.7. The molecule has 2 spiro atoms. The van der Waals surface area contributed by atoms with Gasteiger partial charge < -0.3 is 46.1 Å². The van der Waals surface area contributed by atoms with Crippen LogP contribution in [0, 0.1) is 11.8 Å². The number of carbonyl (C=O) groups is 8. The van der Waals surface area contributed by atoms with E-state index >= 15 is 0 Å². The number of anilines is 2. The lowest BCUT2D eigenvalue weighted by Gasteiger charge is -2.36. The molecule has 6 N–H and O–H groups in total. The number of nitrogens with one attached hydrogen (secondary N) is 5. The summed E-state index contributed by atoms with van der Waals surface area (Å²) in [5, 5.41) is 22.8. The van der Waals surface area contributed by atoms with Crippen molar-refractivity contribution in [3.8, 4) is 0 Å². The summed E-state index contributed by atoms with van der Waals surface area (Å²) in [4.78, 5) is 102. The lowest BCUT2D eigenvalue weighted by molar-refractivity contribution is -0.144. The monoisotopic (exact) mass is 1010 g/mol. The molecule has 2 aromatic carbocycles. The maximum atomic E-state index is 13.6. The largest absolute Gasteiger partial charge is 0.480 e. The van der Waals surface area contributed by atoms with E-state index in [1.807, 2.05) is 4.90 Å². The number of hydrogen-bond acceptors (Lipinski definition) is 11. The zero-order chi connectivity index (χ0) is 50.6. The summed E-state index contributed by atoms with van der Waals surface area (Å²) in [6.45, 7) is 3.37. The van der Waals surface area contributed by atoms with Gasteiger partial charge in [0.05, 0.1) is 0 Å². The quantitative estimate of drug-likeness (QED) is 0.147. The van der Waals surface area contributed by atoms with Crippen molar-refractivity contribution in [2.45, 2.75) is 180 Å². The molecular weight excluding hydrogens is 937 g/mol.